The van der Waals surface area contributed by atoms with Gasteiger partial charge in [-0.1, -0.05) is 0 Å². The van der Waals surface area contributed by atoms with Crippen LogP contribution in [0.1, 0.15) is 22.8 Å². The van der Waals surface area contributed by atoms with Crippen LogP contribution >= 0.6 is 0 Å². The molecule has 1 rings (SSSR count). The number of nitrogens with one attached hydrogen (secondary N) is 1. The number of alkyl halides is 3. The van der Waals surface area contributed by atoms with Gasteiger partial charge in [-0.2, -0.15) is 13.2 Å². The largest absolute Gasteiger partial charge is 0.411 e. The molecule has 0 fully saturated rings. The summed E-state index contributed by atoms with van der Waals surface area (Å²) in [6.45, 7) is 3.94. The first-order valence-corrected chi connectivity index (χ1v) is 6.50. The standard InChI is InChI=1S/C13H20F3N3O2/c1-9-11(6-17-4-5-20-3)10(2)19-12(18-9)7-21-8-13(14,15)16/h17H,4-8H2,1-3H3. The van der Waals surface area contributed by atoms with Gasteiger partial charge in [0.15, 0.2) is 5.82 Å². The Hall–Kier alpha value is -1.25. The minimum Gasteiger partial charge on any atom is -0.383 e. The van der Waals surface area contributed by atoms with Crippen LogP contribution in [0.15, 0.2) is 0 Å². The molecule has 0 spiro atoms. The molecule has 0 bridgehead atoms. The van der Waals surface area contributed by atoms with Crippen molar-refractivity contribution in [2.75, 3.05) is 26.9 Å². The van der Waals surface area contributed by atoms with Crippen molar-refractivity contribution in [3.05, 3.63) is 22.8 Å². The number of methoxy groups -OCH3 is 1. The second-order valence-corrected chi connectivity index (χ2v) is 4.57. The molecule has 0 saturated heterocycles. The molecule has 8 heteroatoms. The van der Waals surface area contributed by atoms with Crippen LogP contribution in [-0.4, -0.2) is 43.0 Å². The molecule has 0 aliphatic heterocycles. The van der Waals surface area contributed by atoms with Crippen LogP contribution in [0.4, 0.5) is 13.2 Å². The normalized spacial score (nSPS) is 11.9. The first-order valence-electron chi connectivity index (χ1n) is 6.50. The summed E-state index contributed by atoms with van der Waals surface area (Å²) >= 11 is 0. The van der Waals surface area contributed by atoms with Crippen LogP contribution in [0.25, 0.3) is 0 Å². The summed E-state index contributed by atoms with van der Waals surface area (Å²) in [6, 6.07) is 0. The van der Waals surface area contributed by atoms with E-state index in [2.05, 4.69) is 20.0 Å². The fraction of sp³-hybridized carbons (Fsp3) is 0.692. The van der Waals surface area contributed by atoms with Gasteiger partial charge in [0, 0.05) is 37.2 Å². The second-order valence-electron chi connectivity index (χ2n) is 4.57. The van der Waals surface area contributed by atoms with E-state index in [1.807, 2.05) is 0 Å². The Kier molecular flexibility index (Phi) is 7.00. The maximum atomic E-state index is 12.0. The molecule has 0 aromatic carbocycles. The lowest BCUT2D eigenvalue weighted by Gasteiger charge is -2.12. The summed E-state index contributed by atoms with van der Waals surface area (Å²) in [6.07, 6.45) is -4.34. The average molecular weight is 307 g/mol. The number of hydrogen-bond donors (Lipinski definition) is 1. The molecule has 1 aromatic heterocycles. The number of aryl methyl sites for hydroxylation is 2. The van der Waals surface area contributed by atoms with E-state index in [1.54, 1.807) is 21.0 Å². The van der Waals surface area contributed by atoms with Crippen molar-refractivity contribution in [2.24, 2.45) is 0 Å². The molecule has 5 nitrogen and oxygen atoms in total. The molecule has 1 heterocycles. The van der Waals surface area contributed by atoms with Crippen molar-refractivity contribution in [3.8, 4) is 0 Å². The average Bonchev–Trinajstić information content (AvgIpc) is 2.35. The number of rotatable bonds is 8. The molecule has 21 heavy (non-hydrogen) atoms. The van der Waals surface area contributed by atoms with E-state index in [9.17, 15) is 13.2 Å². The molecule has 0 unspecified atom stereocenters. The highest BCUT2D eigenvalue weighted by Gasteiger charge is 2.27. The summed E-state index contributed by atoms with van der Waals surface area (Å²) in [4.78, 5) is 8.36. The minimum atomic E-state index is -4.34. The molecule has 120 valence electrons. The van der Waals surface area contributed by atoms with Gasteiger partial charge >= 0.3 is 6.18 Å². The molecule has 1 N–H and O–H groups in total. The first kappa shape index (κ1) is 17.8. The van der Waals surface area contributed by atoms with Gasteiger partial charge in [0.25, 0.3) is 0 Å². The van der Waals surface area contributed by atoms with E-state index in [-0.39, 0.29) is 12.4 Å². The molecule has 0 atom stereocenters. The number of nitrogens with zero attached hydrogens (tertiary/aromatic N) is 2. The second kappa shape index (κ2) is 8.26. The molecule has 0 aliphatic rings. The van der Waals surface area contributed by atoms with Crippen LogP contribution in [0, 0.1) is 13.8 Å². The fourth-order valence-corrected chi connectivity index (χ4v) is 1.77. The van der Waals surface area contributed by atoms with Gasteiger partial charge < -0.3 is 14.8 Å². The maximum Gasteiger partial charge on any atom is 0.411 e. The van der Waals surface area contributed by atoms with Gasteiger partial charge in [-0.15, -0.1) is 0 Å². The van der Waals surface area contributed by atoms with Crippen LogP contribution in [-0.2, 0) is 22.6 Å². The highest BCUT2D eigenvalue weighted by molar-refractivity contribution is 5.24. The molecule has 0 saturated carbocycles. The maximum absolute atomic E-state index is 12.0. The third-order valence-electron chi connectivity index (χ3n) is 2.75. The molecule has 0 radical (unpaired) electrons. The van der Waals surface area contributed by atoms with Crippen molar-refractivity contribution in [1.29, 1.82) is 0 Å². The Bertz CT molecular complexity index is 430. The zero-order valence-corrected chi connectivity index (χ0v) is 12.4. The van der Waals surface area contributed by atoms with E-state index in [4.69, 9.17) is 4.74 Å². The Morgan fingerprint density at radius 3 is 2.29 bits per heavy atom. The number of aromatic nitrogens is 2. The van der Waals surface area contributed by atoms with Crippen LogP contribution in [0.2, 0.25) is 0 Å². The predicted octanol–water partition coefficient (Wildman–Crippen LogP) is 1.91. The van der Waals surface area contributed by atoms with Gasteiger partial charge in [0.2, 0.25) is 0 Å². The number of ether oxygens (including phenoxy) is 2. The molecular formula is C13H20F3N3O2. The fourth-order valence-electron chi connectivity index (χ4n) is 1.77. The lowest BCUT2D eigenvalue weighted by Crippen LogP contribution is -2.21. The SMILES string of the molecule is COCCNCc1c(C)nc(COCC(F)(F)F)nc1C. The molecule has 1 aromatic rings. The van der Waals surface area contributed by atoms with Crippen LogP contribution in [0.3, 0.4) is 0 Å². The Morgan fingerprint density at radius 2 is 1.76 bits per heavy atom. The highest BCUT2D eigenvalue weighted by Crippen LogP contribution is 2.16. The summed E-state index contributed by atoms with van der Waals surface area (Å²) in [5, 5.41) is 3.18. The molecule has 0 amide bonds. The Balaban J connectivity index is 2.58. The Morgan fingerprint density at radius 1 is 1.14 bits per heavy atom. The zero-order chi connectivity index (χ0) is 15.9. The highest BCUT2D eigenvalue weighted by atomic mass is 19.4. The van der Waals surface area contributed by atoms with E-state index in [0.29, 0.717) is 19.7 Å². The van der Waals surface area contributed by atoms with E-state index >= 15 is 0 Å². The molecule has 0 aliphatic carbocycles. The van der Waals surface area contributed by atoms with Gasteiger partial charge in [0.1, 0.15) is 13.2 Å². The van der Waals surface area contributed by atoms with Gasteiger partial charge in [-0.05, 0) is 13.8 Å². The first-order chi connectivity index (χ1) is 9.83. The third kappa shape index (κ3) is 6.83. The lowest BCUT2D eigenvalue weighted by molar-refractivity contribution is -0.177. The Labute approximate surface area is 121 Å². The van der Waals surface area contributed by atoms with Crippen LogP contribution in [0.5, 0.6) is 0 Å². The van der Waals surface area contributed by atoms with Gasteiger partial charge in [-0.3, -0.25) is 0 Å². The van der Waals surface area contributed by atoms with Gasteiger partial charge in [-0.25, -0.2) is 9.97 Å². The predicted molar refractivity (Wildman–Crippen MR) is 70.8 cm³/mol. The minimum absolute atomic E-state index is 0.251. The summed E-state index contributed by atoms with van der Waals surface area (Å²) in [5.74, 6) is 0.259. The summed E-state index contributed by atoms with van der Waals surface area (Å²) in [7, 11) is 1.62. The topological polar surface area (TPSA) is 56.3 Å². The molecular weight excluding hydrogens is 287 g/mol. The van der Waals surface area contributed by atoms with Gasteiger partial charge in [0.05, 0.1) is 6.61 Å². The summed E-state index contributed by atoms with van der Waals surface area (Å²) in [5.41, 5.74) is 2.40. The third-order valence-corrected chi connectivity index (χ3v) is 2.75. The van der Waals surface area contributed by atoms with E-state index in [1.165, 1.54) is 0 Å². The quantitative estimate of drug-likeness (QED) is 0.744. The smallest absolute Gasteiger partial charge is 0.383 e. The van der Waals surface area contributed by atoms with Crippen LogP contribution < -0.4 is 5.32 Å². The zero-order valence-electron chi connectivity index (χ0n) is 12.4. The van der Waals surface area contributed by atoms with E-state index in [0.717, 1.165) is 17.0 Å². The van der Waals surface area contributed by atoms with Crippen molar-refractivity contribution in [1.82, 2.24) is 15.3 Å². The summed E-state index contributed by atoms with van der Waals surface area (Å²) < 4.78 is 45.5. The van der Waals surface area contributed by atoms with Crippen molar-refractivity contribution >= 4 is 0 Å². The number of halogens is 3. The van der Waals surface area contributed by atoms with Crippen molar-refractivity contribution < 1.29 is 22.6 Å². The monoisotopic (exact) mass is 307 g/mol. The number of hydrogen-bond acceptors (Lipinski definition) is 5. The van der Waals surface area contributed by atoms with Crippen molar-refractivity contribution in [2.45, 2.75) is 33.2 Å². The lowest BCUT2D eigenvalue weighted by atomic mass is 10.1. The van der Waals surface area contributed by atoms with Crippen molar-refractivity contribution in [3.63, 3.8) is 0 Å². The van der Waals surface area contributed by atoms with E-state index < -0.39 is 12.8 Å².